The van der Waals surface area contributed by atoms with Crippen LogP contribution in [0.4, 0.5) is 5.13 Å². The van der Waals surface area contributed by atoms with E-state index in [2.05, 4.69) is 15.5 Å². The zero-order chi connectivity index (χ0) is 27.0. The SMILES string of the molecule is CCO/N=C(\C(=O)N[C@@H]1C(=O)N2C(C(=O)O)=C(C[n+]3ccn4c(C=O)ccc4c3)CS[C@@H]12)c1csc(N)n1. The number of nitrogen functional groups attached to an aromatic ring is 1. The molecule has 2 atom stereocenters. The van der Waals surface area contributed by atoms with E-state index in [0.29, 0.717) is 17.0 Å². The van der Waals surface area contributed by atoms with E-state index in [4.69, 9.17) is 10.6 Å². The van der Waals surface area contributed by atoms with E-state index in [0.717, 1.165) is 23.1 Å². The second-order valence-electron chi connectivity index (χ2n) is 8.32. The molecule has 0 aliphatic carbocycles. The second-order valence-corrected chi connectivity index (χ2v) is 10.3. The molecule has 5 rings (SSSR count). The van der Waals surface area contributed by atoms with E-state index in [1.165, 1.54) is 16.7 Å². The number of oxime groups is 1. The minimum Gasteiger partial charge on any atom is -0.477 e. The first-order chi connectivity index (χ1) is 18.3. The largest absolute Gasteiger partial charge is 0.477 e. The average molecular weight is 557 g/mol. The van der Waals surface area contributed by atoms with Gasteiger partial charge in [-0.05, 0) is 19.1 Å². The van der Waals surface area contributed by atoms with Crippen LogP contribution in [0.15, 0.2) is 52.5 Å². The van der Waals surface area contributed by atoms with Crippen LogP contribution in [-0.4, -0.2) is 72.9 Å². The molecular formula is C23H22N7O6S2+. The molecule has 4 N–H and O–H groups in total. The molecule has 0 radical (unpaired) electrons. The van der Waals surface area contributed by atoms with Crippen molar-refractivity contribution in [2.24, 2.45) is 5.16 Å². The Morgan fingerprint density at radius 2 is 2.24 bits per heavy atom. The molecule has 5 heterocycles. The number of carboxylic acids is 1. The molecular weight excluding hydrogens is 534 g/mol. The number of aldehydes is 1. The van der Waals surface area contributed by atoms with E-state index in [9.17, 15) is 24.3 Å². The molecule has 2 aliphatic heterocycles. The Hall–Kier alpha value is -4.24. The number of carbonyl (C=O) groups is 4. The molecule has 3 aromatic rings. The number of aromatic nitrogens is 3. The maximum Gasteiger partial charge on any atom is 0.352 e. The van der Waals surface area contributed by atoms with Crippen LogP contribution < -0.4 is 15.6 Å². The maximum atomic E-state index is 13.1. The summed E-state index contributed by atoms with van der Waals surface area (Å²) in [6.07, 6.45) is 6.00. The van der Waals surface area contributed by atoms with E-state index in [1.807, 2.05) is 0 Å². The van der Waals surface area contributed by atoms with Crippen molar-refractivity contribution in [1.82, 2.24) is 19.6 Å². The molecule has 2 amide bonds. The van der Waals surface area contributed by atoms with Crippen molar-refractivity contribution in [3.05, 3.63) is 58.8 Å². The van der Waals surface area contributed by atoms with Gasteiger partial charge < -0.3 is 25.4 Å². The fourth-order valence-electron chi connectivity index (χ4n) is 4.28. The number of nitrogens with two attached hydrogens (primary N) is 1. The number of anilines is 1. The standard InChI is InChI=1S/C23H21N7O6S2/c1-2-36-27-16(15-11-38-23(24)25-15)19(32)26-17-20(33)30-18(22(34)35)12(10-37-21(17)30)7-28-5-6-29-13(8-28)3-4-14(29)9-31/h3-6,8-9,11,17,21H,2,7,10H2,1H3,(H3-,24,25,26,32,34,35)/p+1/b27-16-/t17-,21+/m1/s1. The van der Waals surface area contributed by atoms with Crippen molar-refractivity contribution in [2.75, 3.05) is 18.1 Å². The van der Waals surface area contributed by atoms with Crippen molar-refractivity contribution in [1.29, 1.82) is 0 Å². The number of thioether (sulfide) groups is 1. The summed E-state index contributed by atoms with van der Waals surface area (Å²) in [5.41, 5.74) is 7.47. The highest BCUT2D eigenvalue weighted by Crippen LogP contribution is 2.40. The maximum absolute atomic E-state index is 13.1. The summed E-state index contributed by atoms with van der Waals surface area (Å²) in [7, 11) is 0. The Kier molecular flexibility index (Phi) is 6.86. The molecule has 0 saturated carbocycles. The first-order valence-corrected chi connectivity index (χ1v) is 13.3. The fraction of sp³-hybridized carbons (Fsp3) is 0.261. The lowest BCUT2D eigenvalue weighted by molar-refractivity contribution is -0.688. The van der Waals surface area contributed by atoms with Gasteiger partial charge in [0.2, 0.25) is 0 Å². The Morgan fingerprint density at radius 1 is 1.42 bits per heavy atom. The monoisotopic (exact) mass is 556 g/mol. The van der Waals surface area contributed by atoms with Crippen molar-refractivity contribution in [3.63, 3.8) is 0 Å². The smallest absolute Gasteiger partial charge is 0.352 e. The third-order valence-corrected chi connectivity index (χ3v) is 8.00. The Labute approximate surface area is 223 Å². The number of fused-ring (bicyclic) bond motifs is 2. The highest BCUT2D eigenvalue weighted by atomic mass is 32.2. The van der Waals surface area contributed by atoms with Crippen LogP contribution in [-0.2, 0) is 25.8 Å². The highest BCUT2D eigenvalue weighted by molar-refractivity contribution is 8.00. The summed E-state index contributed by atoms with van der Waals surface area (Å²) in [6.45, 7) is 2.15. The van der Waals surface area contributed by atoms with Gasteiger partial charge in [0.05, 0.1) is 11.9 Å². The van der Waals surface area contributed by atoms with Crippen LogP contribution in [0.5, 0.6) is 0 Å². The number of nitrogens with zero attached hydrogens (tertiary/aromatic N) is 5. The number of hydrogen-bond donors (Lipinski definition) is 3. The molecule has 1 fully saturated rings. The number of thiazole rings is 1. The molecule has 1 saturated heterocycles. The molecule has 0 unspecified atom stereocenters. The third kappa shape index (κ3) is 4.50. The number of carboxylic acid groups (broad SMARTS) is 1. The van der Waals surface area contributed by atoms with Crippen LogP contribution in [0.1, 0.15) is 23.1 Å². The summed E-state index contributed by atoms with van der Waals surface area (Å²) in [5.74, 6) is -2.11. The van der Waals surface area contributed by atoms with E-state index >= 15 is 0 Å². The van der Waals surface area contributed by atoms with Crippen molar-refractivity contribution >= 4 is 63.5 Å². The van der Waals surface area contributed by atoms with Gasteiger partial charge in [0.15, 0.2) is 36.1 Å². The van der Waals surface area contributed by atoms with Crippen molar-refractivity contribution < 1.29 is 33.7 Å². The number of carbonyl (C=O) groups excluding carboxylic acids is 3. The Bertz CT molecular complexity index is 1530. The quantitative estimate of drug-likeness (QED) is 0.110. The third-order valence-electron chi connectivity index (χ3n) is 5.98. The lowest BCUT2D eigenvalue weighted by Crippen LogP contribution is -2.71. The average Bonchev–Trinajstić information content (AvgIpc) is 3.52. The summed E-state index contributed by atoms with van der Waals surface area (Å²) < 4.78 is 3.51. The number of hydrogen-bond acceptors (Lipinski definition) is 10. The summed E-state index contributed by atoms with van der Waals surface area (Å²) in [4.78, 5) is 59.8. The van der Waals surface area contributed by atoms with Crippen LogP contribution in [0.3, 0.4) is 0 Å². The predicted octanol–water partition coefficient (Wildman–Crippen LogP) is 0.257. The second kappa shape index (κ2) is 10.3. The van der Waals surface area contributed by atoms with Gasteiger partial charge in [0.1, 0.15) is 34.9 Å². The zero-order valence-electron chi connectivity index (χ0n) is 19.9. The minimum absolute atomic E-state index is 0.101. The van der Waals surface area contributed by atoms with Crippen molar-refractivity contribution in [3.8, 4) is 0 Å². The number of β-lactam (4-membered cyclic amide) rings is 1. The van der Waals surface area contributed by atoms with Gasteiger partial charge >= 0.3 is 5.97 Å². The van der Waals surface area contributed by atoms with Crippen molar-refractivity contribution in [2.45, 2.75) is 24.9 Å². The fourth-order valence-corrected chi connectivity index (χ4v) is 6.17. The number of aliphatic carboxylic acids is 1. The van der Waals surface area contributed by atoms with E-state index in [1.54, 1.807) is 52.0 Å². The predicted molar refractivity (Wildman–Crippen MR) is 137 cm³/mol. The number of nitrogens with one attached hydrogen (secondary N) is 1. The van der Waals surface area contributed by atoms with Gasteiger partial charge in [-0.1, -0.05) is 5.16 Å². The number of rotatable bonds is 9. The van der Waals surface area contributed by atoms with Crippen LogP contribution in [0.25, 0.3) is 5.52 Å². The first kappa shape index (κ1) is 25.4. The molecule has 0 aromatic carbocycles. The lowest BCUT2D eigenvalue weighted by atomic mass is 10.0. The van der Waals surface area contributed by atoms with Gasteiger partial charge in [-0.2, -0.15) is 4.57 Å². The van der Waals surface area contributed by atoms with Crippen LogP contribution in [0, 0.1) is 0 Å². The molecule has 2 aliphatic rings. The van der Waals surface area contributed by atoms with Gasteiger partial charge in [0, 0.05) is 16.7 Å². The van der Waals surface area contributed by atoms with E-state index in [-0.39, 0.29) is 35.4 Å². The van der Waals surface area contributed by atoms with Gasteiger partial charge in [-0.3, -0.25) is 19.3 Å². The summed E-state index contributed by atoms with van der Waals surface area (Å²) >= 11 is 2.48. The minimum atomic E-state index is -1.23. The molecule has 0 bridgehead atoms. The molecule has 196 valence electrons. The van der Waals surface area contributed by atoms with Crippen LogP contribution in [0.2, 0.25) is 0 Å². The topological polar surface area (TPSA) is 173 Å². The zero-order valence-corrected chi connectivity index (χ0v) is 21.6. The van der Waals surface area contributed by atoms with Crippen LogP contribution >= 0.6 is 23.1 Å². The first-order valence-electron chi connectivity index (χ1n) is 11.4. The summed E-state index contributed by atoms with van der Waals surface area (Å²) in [5, 5.41) is 17.7. The summed E-state index contributed by atoms with van der Waals surface area (Å²) in [6, 6.07) is 2.53. The molecule has 15 heteroatoms. The molecule has 13 nitrogen and oxygen atoms in total. The van der Waals surface area contributed by atoms with E-state index < -0.39 is 29.2 Å². The van der Waals surface area contributed by atoms with Gasteiger partial charge in [-0.25, -0.2) is 9.78 Å². The molecule has 3 aromatic heterocycles. The normalized spacial score (nSPS) is 19.2. The molecule has 0 spiro atoms. The highest BCUT2D eigenvalue weighted by Gasteiger charge is 2.54. The Morgan fingerprint density at radius 3 is 2.92 bits per heavy atom. The number of amides is 2. The van der Waals surface area contributed by atoms with Gasteiger partial charge in [-0.15, -0.1) is 23.1 Å². The van der Waals surface area contributed by atoms with Gasteiger partial charge in [0.25, 0.3) is 11.8 Å². The lowest BCUT2D eigenvalue weighted by Gasteiger charge is -2.49. The molecule has 38 heavy (non-hydrogen) atoms. The Balaban J connectivity index is 1.35.